The Hall–Kier alpha value is -3.72. The first-order valence-electron chi connectivity index (χ1n) is 10.5. The molecule has 0 aromatic heterocycles. The molecule has 0 aliphatic carbocycles. The Kier molecular flexibility index (Phi) is 7.68. The number of halogens is 1. The fourth-order valence-electron chi connectivity index (χ4n) is 3.19. The van der Waals surface area contributed by atoms with Crippen molar-refractivity contribution in [2.75, 3.05) is 17.1 Å². The molecule has 0 radical (unpaired) electrons. The van der Waals surface area contributed by atoms with Gasteiger partial charge in [0.25, 0.3) is 10.0 Å². The lowest BCUT2D eigenvalue weighted by Crippen LogP contribution is -2.16. The molecule has 0 bridgehead atoms. The summed E-state index contributed by atoms with van der Waals surface area (Å²) < 4.78 is 46.1. The fourth-order valence-corrected chi connectivity index (χ4v) is 4.25. The van der Waals surface area contributed by atoms with Crippen LogP contribution in [0.25, 0.3) is 0 Å². The highest BCUT2D eigenvalue weighted by Crippen LogP contribution is 2.30. The number of carbonyl (C=O) groups is 2. The molecular weight excluding hydrogens is 459 g/mol. The first-order valence-corrected chi connectivity index (χ1v) is 11.9. The molecule has 0 aliphatic rings. The molecule has 0 atom stereocenters. The van der Waals surface area contributed by atoms with Gasteiger partial charge in [0, 0.05) is 24.1 Å². The van der Waals surface area contributed by atoms with Crippen molar-refractivity contribution in [2.24, 2.45) is 0 Å². The number of ketones is 1. The van der Waals surface area contributed by atoms with Gasteiger partial charge in [0.2, 0.25) is 5.91 Å². The lowest BCUT2D eigenvalue weighted by Gasteiger charge is -2.14. The van der Waals surface area contributed by atoms with Gasteiger partial charge < -0.3 is 10.1 Å². The summed E-state index contributed by atoms with van der Waals surface area (Å²) in [5, 5.41) is 2.66. The smallest absolute Gasteiger partial charge is 0.262 e. The van der Waals surface area contributed by atoms with Gasteiger partial charge in [-0.15, -0.1) is 0 Å². The Balaban J connectivity index is 1.68. The highest BCUT2D eigenvalue weighted by molar-refractivity contribution is 7.92. The highest BCUT2D eigenvalue weighted by atomic mass is 32.2. The second kappa shape index (κ2) is 10.5. The molecule has 1 amide bonds. The van der Waals surface area contributed by atoms with E-state index < -0.39 is 21.7 Å². The van der Waals surface area contributed by atoms with Crippen molar-refractivity contribution in [2.45, 2.75) is 31.6 Å². The molecule has 3 aromatic rings. The molecule has 34 heavy (non-hydrogen) atoms. The number of aryl methyl sites for hydroxylation is 2. The SMILES string of the molecule is COc1ccc(NC(=O)CCC(=O)c2ccc(C)c(C)c2)cc1NS(=O)(=O)c1ccc(F)cc1. The average Bonchev–Trinajstić information content (AvgIpc) is 2.79. The van der Waals surface area contributed by atoms with E-state index in [0.29, 0.717) is 11.3 Å². The number of benzene rings is 3. The van der Waals surface area contributed by atoms with Crippen LogP contribution in [0.15, 0.2) is 65.6 Å². The van der Waals surface area contributed by atoms with E-state index in [0.717, 1.165) is 35.4 Å². The average molecular weight is 485 g/mol. The van der Waals surface area contributed by atoms with E-state index in [9.17, 15) is 22.4 Å². The highest BCUT2D eigenvalue weighted by Gasteiger charge is 2.18. The summed E-state index contributed by atoms with van der Waals surface area (Å²) >= 11 is 0. The van der Waals surface area contributed by atoms with Gasteiger partial charge in [-0.05, 0) is 73.5 Å². The molecule has 0 spiro atoms. The molecule has 3 aromatic carbocycles. The molecule has 0 aliphatic heterocycles. The van der Waals surface area contributed by atoms with Crippen molar-refractivity contribution in [1.29, 1.82) is 0 Å². The summed E-state index contributed by atoms with van der Waals surface area (Å²) in [7, 11) is -2.64. The maximum atomic E-state index is 13.1. The minimum atomic E-state index is -4.02. The Morgan fingerprint density at radius 2 is 1.62 bits per heavy atom. The fraction of sp³-hybridized carbons (Fsp3) is 0.200. The first-order chi connectivity index (χ1) is 16.1. The molecule has 2 N–H and O–H groups in total. The van der Waals surface area contributed by atoms with Gasteiger partial charge >= 0.3 is 0 Å². The minimum Gasteiger partial charge on any atom is -0.495 e. The number of ether oxygens (including phenoxy) is 1. The van der Waals surface area contributed by atoms with Gasteiger partial charge in [-0.1, -0.05) is 12.1 Å². The number of nitrogens with one attached hydrogen (secondary N) is 2. The largest absolute Gasteiger partial charge is 0.495 e. The van der Waals surface area contributed by atoms with Crippen molar-refractivity contribution in [3.63, 3.8) is 0 Å². The van der Waals surface area contributed by atoms with Gasteiger partial charge in [0.15, 0.2) is 5.78 Å². The van der Waals surface area contributed by atoms with E-state index in [-0.39, 0.29) is 35.0 Å². The molecule has 0 saturated heterocycles. The molecule has 0 saturated carbocycles. The zero-order valence-electron chi connectivity index (χ0n) is 19.0. The third-order valence-corrected chi connectivity index (χ3v) is 6.64. The molecule has 0 heterocycles. The van der Waals surface area contributed by atoms with Crippen LogP contribution in [-0.2, 0) is 14.8 Å². The van der Waals surface area contributed by atoms with E-state index >= 15 is 0 Å². The number of sulfonamides is 1. The zero-order valence-corrected chi connectivity index (χ0v) is 19.8. The maximum Gasteiger partial charge on any atom is 0.262 e. The summed E-state index contributed by atoms with van der Waals surface area (Å²) in [6.07, 6.45) is 0.00295. The van der Waals surface area contributed by atoms with E-state index in [4.69, 9.17) is 4.74 Å². The number of rotatable bonds is 9. The first kappa shape index (κ1) is 24.9. The van der Waals surface area contributed by atoms with Crippen LogP contribution in [0.3, 0.4) is 0 Å². The van der Waals surface area contributed by atoms with Crippen molar-refractivity contribution in [3.05, 3.63) is 83.2 Å². The monoisotopic (exact) mass is 484 g/mol. The number of carbonyl (C=O) groups excluding carboxylic acids is 2. The van der Waals surface area contributed by atoms with Gasteiger partial charge in [-0.3, -0.25) is 14.3 Å². The van der Waals surface area contributed by atoms with E-state index in [1.165, 1.54) is 19.2 Å². The standard InChI is InChI=1S/C25H25FN2O5S/c1-16-4-5-18(14-17(16)2)23(29)11-13-25(30)27-20-8-12-24(33-3)22(15-20)28-34(31,32)21-9-6-19(26)7-10-21/h4-10,12,14-15,28H,11,13H2,1-3H3,(H,27,30). The van der Waals surface area contributed by atoms with E-state index in [1.54, 1.807) is 18.2 Å². The van der Waals surface area contributed by atoms with Crippen molar-refractivity contribution >= 4 is 33.1 Å². The molecule has 0 unspecified atom stereocenters. The van der Waals surface area contributed by atoms with Crippen LogP contribution in [-0.4, -0.2) is 27.2 Å². The molecule has 9 heteroatoms. The van der Waals surface area contributed by atoms with Crippen LogP contribution in [0.4, 0.5) is 15.8 Å². The van der Waals surface area contributed by atoms with Crippen LogP contribution >= 0.6 is 0 Å². The summed E-state index contributed by atoms with van der Waals surface area (Å²) in [5.41, 5.74) is 3.05. The Morgan fingerprint density at radius 3 is 2.26 bits per heavy atom. The molecular formula is C25H25FN2O5S. The number of anilines is 2. The lowest BCUT2D eigenvalue weighted by molar-refractivity contribution is -0.116. The summed E-state index contributed by atoms with van der Waals surface area (Å²) in [4.78, 5) is 24.7. The molecule has 0 fully saturated rings. The number of Topliss-reactive ketones (excluding diaryl/α,β-unsaturated/α-hetero) is 1. The van der Waals surface area contributed by atoms with Crippen LogP contribution < -0.4 is 14.8 Å². The minimum absolute atomic E-state index is 0.0333. The van der Waals surface area contributed by atoms with Crippen LogP contribution in [0.1, 0.15) is 34.3 Å². The van der Waals surface area contributed by atoms with E-state index in [2.05, 4.69) is 10.0 Å². The number of hydrogen-bond donors (Lipinski definition) is 2. The second-order valence-electron chi connectivity index (χ2n) is 7.74. The zero-order chi connectivity index (χ0) is 24.9. The van der Waals surface area contributed by atoms with Gasteiger partial charge in [-0.25, -0.2) is 12.8 Å². The molecule has 3 rings (SSSR count). The predicted octanol–water partition coefficient (Wildman–Crippen LogP) is 4.85. The van der Waals surface area contributed by atoms with Gasteiger partial charge in [0.05, 0.1) is 17.7 Å². The quantitative estimate of drug-likeness (QED) is 0.423. The number of amides is 1. The second-order valence-corrected chi connectivity index (χ2v) is 9.43. The predicted molar refractivity (Wildman–Crippen MR) is 128 cm³/mol. The van der Waals surface area contributed by atoms with Gasteiger partial charge in [-0.2, -0.15) is 0 Å². The topological polar surface area (TPSA) is 102 Å². The Morgan fingerprint density at radius 1 is 0.912 bits per heavy atom. The Bertz CT molecular complexity index is 1320. The summed E-state index contributed by atoms with van der Waals surface area (Å²) in [5.74, 6) is -0.860. The Labute approximate surface area is 198 Å². The lowest BCUT2D eigenvalue weighted by atomic mass is 10.0. The van der Waals surface area contributed by atoms with Crippen molar-refractivity contribution < 1.29 is 27.1 Å². The van der Waals surface area contributed by atoms with E-state index in [1.807, 2.05) is 19.9 Å². The number of hydrogen-bond acceptors (Lipinski definition) is 5. The number of methoxy groups -OCH3 is 1. The van der Waals surface area contributed by atoms with Crippen LogP contribution in [0.5, 0.6) is 5.75 Å². The van der Waals surface area contributed by atoms with Crippen LogP contribution in [0.2, 0.25) is 0 Å². The maximum absolute atomic E-state index is 13.1. The summed E-state index contributed by atoms with van der Waals surface area (Å²) in [6.45, 7) is 3.88. The van der Waals surface area contributed by atoms with Gasteiger partial charge in [0.1, 0.15) is 11.6 Å². The third-order valence-electron chi connectivity index (χ3n) is 5.26. The van der Waals surface area contributed by atoms with Crippen molar-refractivity contribution in [1.82, 2.24) is 0 Å². The normalized spacial score (nSPS) is 11.1. The molecule has 7 nitrogen and oxygen atoms in total. The molecule has 178 valence electrons. The van der Waals surface area contributed by atoms with Crippen LogP contribution in [0, 0.1) is 19.7 Å². The van der Waals surface area contributed by atoms with Crippen molar-refractivity contribution in [3.8, 4) is 5.75 Å². The summed E-state index contributed by atoms with van der Waals surface area (Å²) in [6, 6.07) is 14.2. The third kappa shape index (κ3) is 6.20.